The van der Waals surface area contributed by atoms with Crippen LogP contribution in [-0.4, -0.2) is 31.6 Å². The van der Waals surface area contributed by atoms with Gasteiger partial charge in [-0.15, -0.1) is 0 Å². The van der Waals surface area contributed by atoms with E-state index in [0.29, 0.717) is 30.4 Å². The third-order valence-electron chi connectivity index (χ3n) is 4.08. The topological polar surface area (TPSA) is 67.9 Å². The van der Waals surface area contributed by atoms with E-state index in [9.17, 15) is 9.59 Å². The van der Waals surface area contributed by atoms with Gasteiger partial charge in [0.05, 0.1) is 0 Å². The van der Waals surface area contributed by atoms with Gasteiger partial charge in [0.2, 0.25) is 11.8 Å². The average molecular weight is 354 g/mol. The summed E-state index contributed by atoms with van der Waals surface area (Å²) < 4.78 is 11.1. The van der Waals surface area contributed by atoms with Crippen molar-refractivity contribution in [3.8, 4) is 11.5 Å². The minimum absolute atomic E-state index is 0.134. The lowest BCUT2D eigenvalue weighted by Crippen LogP contribution is -2.32. The maximum absolute atomic E-state index is 12.2. The van der Waals surface area contributed by atoms with E-state index in [1.807, 2.05) is 31.2 Å². The van der Waals surface area contributed by atoms with Gasteiger partial charge in [0, 0.05) is 37.3 Å². The zero-order valence-corrected chi connectivity index (χ0v) is 15.0. The van der Waals surface area contributed by atoms with Crippen molar-refractivity contribution in [2.24, 2.45) is 0 Å². The molecule has 0 fully saturated rings. The number of nitrogens with zero attached hydrogens (tertiary/aromatic N) is 1. The van der Waals surface area contributed by atoms with Gasteiger partial charge in [0.1, 0.15) is 13.2 Å². The quantitative estimate of drug-likeness (QED) is 0.896. The number of carbonyl (C=O) groups is 2. The van der Waals surface area contributed by atoms with Crippen LogP contribution in [-0.2, 0) is 9.59 Å². The first kappa shape index (κ1) is 17.8. The molecule has 0 aliphatic carbocycles. The van der Waals surface area contributed by atoms with Gasteiger partial charge >= 0.3 is 0 Å². The molecule has 0 spiro atoms. The summed E-state index contributed by atoms with van der Waals surface area (Å²) in [6.45, 7) is 4.73. The van der Waals surface area contributed by atoms with Gasteiger partial charge in [-0.3, -0.25) is 9.59 Å². The largest absolute Gasteiger partial charge is 0.486 e. The summed E-state index contributed by atoms with van der Waals surface area (Å²) in [6.07, 6.45) is 0.196. The van der Waals surface area contributed by atoms with E-state index < -0.39 is 0 Å². The molecule has 0 unspecified atom stereocenters. The Hall–Kier alpha value is -3.02. The Kier molecular flexibility index (Phi) is 5.41. The SMILES string of the molecule is CC(=O)N(CCC(=O)Nc1cccc(C)c1)c1ccc2c(c1)OCCO2. The van der Waals surface area contributed by atoms with Gasteiger partial charge < -0.3 is 19.7 Å². The number of fused-ring (bicyclic) bond motifs is 1. The lowest BCUT2D eigenvalue weighted by atomic mass is 10.2. The van der Waals surface area contributed by atoms with Gasteiger partial charge in [-0.1, -0.05) is 12.1 Å². The van der Waals surface area contributed by atoms with Gasteiger partial charge in [-0.05, 0) is 36.8 Å². The molecule has 6 nitrogen and oxygen atoms in total. The van der Waals surface area contributed by atoms with Crippen molar-refractivity contribution in [1.29, 1.82) is 0 Å². The van der Waals surface area contributed by atoms with E-state index in [2.05, 4.69) is 5.32 Å². The lowest BCUT2D eigenvalue weighted by Gasteiger charge is -2.24. The number of benzene rings is 2. The summed E-state index contributed by atoms with van der Waals surface area (Å²) in [4.78, 5) is 25.8. The van der Waals surface area contributed by atoms with Crippen molar-refractivity contribution in [2.45, 2.75) is 20.3 Å². The number of nitrogens with one attached hydrogen (secondary N) is 1. The van der Waals surface area contributed by atoms with Crippen molar-refractivity contribution >= 4 is 23.2 Å². The molecule has 136 valence electrons. The van der Waals surface area contributed by atoms with Crippen LogP contribution in [0.2, 0.25) is 0 Å². The van der Waals surface area contributed by atoms with Crippen LogP contribution in [0.3, 0.4) is 0 Å². The highest BCUT2D eigenvalue weighted by Crippen LogP contribution is 2.34. The van der Waals surface area contributed by atoms with Gasteiger partial charge in [-0.2, -0.15) is 0 Å². The van der Waals surface area contributed by atoms with Crippen LogP contribution in [0.4, 0.5) is 11.4 Å². The monoisotopic (exact) mass is 354 g/mol. The molecule has 0 saturated carbocycles. The molecule has 0 bridgehead atoms. The number of hydrogen-bond donors (Lipinski definition) is 1. The average Bonchev–Trinajstić information content (AvgIpc) is 2.61. The molecular weight excluding hydrogens is 332 g/mol. The van der Waals surface area contributed by atoms with Crippen LogP contribution < -0.4 is 19.7 Å². The maximum atomic E-state index is 12.2. The number of rotatable bonds is 5. The minimum atomic E-state index is -0.139. The molecule has 6 heteroatoms. The predicted molar refractivity (Wildman–Crippen MR) is 99.9 cm³/mol. The molecule has 2 aromatic carbocycles. The van der Waals surface area contributed by atoms with Gasteiger partial charge in [0.25, 0.3) is 0 Å². The summed E-state index contributed by atoms with van der Waals surface area (Å²) in [5.41, 5.74) is 2.51. The number of aryl methyl sites for hydroxylation is 1. The van der Waals surface area contributed by atoms with Crippen molar-refractivity contribution in [1.82, 2.24) is 0 Å². The second-order valence-corrected chi connectivity index (χ2v) is 6.17. The van der Waals surface area contributed by atoms with Crippen molar-refractivity contribution in [3.05, 3.63) is 48.0 Å². The van der Waals surface area contributed by atoms with Crippen LogP contribution in [0.5, 0.6) is 11.5 Å². The van der Waals surface area contributed by atoms with Crippen molar-refractivity contribution < 1.29 is 19.1 Å². The number of ether oxygens (including phenoxy) is 2. The zero-order valence-electron chi connectivity index (χ0n) is 15.0. The van der Waals surface area contributed by atoms with Crippen LogP contribution in [0.15, 0.2) is 42.5 Å². The van der Waals surface area contributed by atoms with E-state index in [-0.39, 0.29) is 24.8 Å². The molecule has 0 atom stereocenters. The number of anilines is 2. The molecule has 1 aliphatic heterocycles. The third kappa shape index (κ3) is 4.33. The minimum Gasteiger partial charge on any atom is -0.486 e. The number of hydrogen-bond acceptors (Lipinski definition) is 4. The summed E-state index contributed by atoms with van der Waals surface area (Å²) in [7, 11) is 0. The van der Waals surface area contributed by atoms with E-state index >= 15 is 0 Å². The smallest absolute Gasteiger partial charge is 0.226 e. The van der Waals surface area contributed by atoms with Crippen LogP contribution in [0, 0.1) is 6.92 Å². The van der Waals surface area contributed by atoms with Gasteiger partial charge in [0.15, 0.2) is 11.5 Å². The standard InChI is InChI=1S/C20H22N2O4/c1-14-4-3-5-16(12-14)21-20(24)8-9-22(15(2)23)17-6-7-18-19(13-17)26-11-10-25-18/h3-7,12-13H,8-11H2,1-2H3,(H,21,24). The maximum Gasteiger partial charge on any atom is 0.226 e. The Morgan fingerprint density at radius 2 is 1.85 bits per heavy atom. The summed E-state index contributed by atoms with van der Waals surface area (Å²) in [6, 6.07) is 13.0. The Labute approximate surface area is 152 Å². The fourth-order valence-electron chi connectivity index (χ4n) is 2.83. The van der Waals surface area contributed by atoms with Crippen LogP contribution in [0.25, 0.3) is 0 Å². The predicted octanol–water partition coefficient (Wildman–Crippen LogP) is 3.15. The number of amides is 2. The molecule has 2 amide bonds. The summed E-state index contributed by atoms with van der Waals surface area (Å²) >= 11 is 0. The molecule has 26 heavy (non-hydrogen) atoms. The van der Waals surface area contributed by atoms with Crippen molar-refractivity contribution in [3.63, 3.8) is 0 Å². The zero-order chi connectivity index (χ0) is 18.5. The summed E-state index contributed by atoms with van der Waals surface area (Å²) in [5, 5.41) is 2.86. The fourth-order valence-corrected chi connectivity index (χ4v) is 2.83. The first-order valence-electron chi connectivity index (χ1n) is 8.57. The highest BCUT2D eigenvalue weighted by molar-refractivity contribution is 5.95. The van der Waals surface area contributed by atoms with Gasteiger partial charge in [-0.25, -0.2) is 0 Å². The molecule has 1 N–H and O–H groups in total. The molecule has 0 aromatic heterocycles. The molecule has 3 rings (SSSR count). The molecule has 2 aromatic rings. The Morgan fingerprint density at radius 3 is 2.58 bits per heavy atom. The highest BCUT2D eigenvalue weighted by atomic mass is 16.6. The Balaban J connectivity index is 1.65. The van der Waals surface area contributed by atoms with Crippen LogP contribution >= 0.6 is 0 Å². The normalized spacial score (nSPS) is 12.4. The molecule has 1 heterocycles. The van der Waals surface area contributed by atoms with E-state index in [1.165, 1.54) is 6.92 Å². The van der Waals surface area contributed by atoms with Crippen LogP contribution in [0.1, 0.15) is 18.9 Å². The molecule has 1 aliphatic rings. The third-order valence-corrected chi connectivity index (χ3v) is 4.08. The summed E-state index contributed by atoms with van der Waals surface area (Å²) in [5.74, 6) is 1.01. The molecular formula is C20H22N2O4. The van der Waals surface area contributed by atoms with E-state index in [1.54, 1.807) is 23.1 Å². The fraction of sp³-hybridized carbons (Fsp3) is 0.300. The second kappa shape index (κ2) is 7.91. The first-order chi connectivity index (χ1) is 12.5. The molecule has 0 saturated heterocycles. The van der Waals surface area contributed by atoms with E-state index in [0.717, 1.165) is 11.3 Å². The number of carbonyl (C=O) groups excluding carboxylic acids is 2. The lowest BCUT2D eigenvalue weighted by molar-refractivity contribution is -0.117. The second-order valence-electron chi connectivity index (χ2n) is 6.17. The Bertz CT molecular complexity index is 819. The van der Waals surface area contributed by atoms with Crippen molar-refractivity contribution in [2.75, 3.05) is 30.0 Å². The molecule has 0 radical (unpaired) electrons. The first-order valence-corrected chi connectivity index (χ1v) is 8.57. The highest BCUT2D eigenvalue weighted by Gasteiger charge is 2.18. The van der Waals surface area contributed by atoms with E-state index in [4.69, 9.17) is 9.47 Å². The Morgan fingerprint density at radius 1 is 1.08 bits per heavy atom.